The van der Waals surface area contributed by atoms with Crippen molar-refractivity contribution < 1.29 is 47.8 Å². The van der Waals surface area contributed by atoms with E-state index in [-0.39, 0.29) is 30.4 Å². The van der Waals surface area contributed by atoms with Crippen molar-refractivity contribution in [2.45, 2.75) is 44.9 Å². The van der Waals surface area contributed by atoms with Crippen LogP contribution in [0, 0.1) is 5.92 Å². The Bertz CT molecular complexity index is 1430. The third kappa shape index (κ3) is 9.99. The van der Waals surface area contributed by atoms with Gasteiger partial charge in [0.15, 0.2) is 6.10 Å². The number of esters is 2. The van der Waals surface area contributed by atoms with Crippen molar-refractivity contribution in [3.05, 3.63) is 70.9 Å². The fraction of sp³-hybridized carbons (Fsp3) is 0.367. The van der Waals surface area contributed by atoms with Gasteiger partial charge in [-0.25, -0.2) is 14.4 Å². The monoisotopic (exact) mass is 631 g/mol. The van der Waals surface area contributed by atoms with E-state index in [2.05, 4.69) is 20.5 Å². The van der Waals surface area contributed by atoms with E-state index in [0.29, 0.717) is 5.02 Å². The molecule has 0 bridgehead atoms. The van der Waals surface area contributed by atoms with Crippen molar-refractivity contribution in [3.8, 4) is 17.0 Å². The van der Waals surface area contributed by atoms with Gasteiger partial charge >= 0.3 is 18.0 Å². The minimum Gasteiger partial charge on any atom is -0.479 e. The Kier molecular flexibility index (Phi) is 12.5. The summed E-state index contributed by atoms with van der Waals surface area (Å²) in [5.74, 6) is -2.97. The van der Waals surface area contributed by atoms with Crippen LogP contribution in [0.15, 0.2) is 59.1 Å². The van der Waals surface area contributed by atoms with Crippen molar-refractivity contribution in [2.75, 3.05) is 21.0 Å². The lowest BCUT2D eigenvalue weighted by atomic mass is 9.97. The Hall–Kier alpha value is -4.62. The van der Waals surface area contributed by atoms with Gasteiger partial charge in [0.2, 0.25) is 12.6 Å². The maximum atomic E-state index is 12.9. The molecule has 44 heavy (non-hydrogen) atoms. The van der Waals surface area contributed by atoms with Crippen LogP contribution in [0.25, 0.3) is 11.1 Å². The molecule has 0 aliphatic heterocycles. The number of hydrogen-bond donors (Lipinski definition) is 3. The largest absolute Gasteiger partial charge is 0.479 e. The van der Waals surface area contributed by atoms with E-state index in [9.17, 15) is 24.3 Å². The number of rotatable bonds is 14. The van der Waals surface area contributed by atoms with Crippen molar-refractivity contribution in [1.82, 2.24) is 15.8 Å². The zero-order chi connectivity index (χ0) is 32.2. The third-order valence-corrected chi connectivity index (χ3v) is 6.65. The molecule has 0 unspecified atom stereocenters. The molecule has 0 aliphatic carbocycles. The van der Waals surface area contributed by atoms with E-state index in [4.69, 9.17) is 30.3 Å². The second-order valence-electron chi connectivity index (χ2n) is 9.97. The number of hydrogen-bond acceptors (Lipinski definition) is 11. The summed E-state index contributed by atoms with van der Waals surface area (Å²) < 4.78 is 24.3. The summed E-state index contributed by atoms with van der Waals surface area (Å²) in [6, 6.07) is 14.3. The number of benzene rings is 2. The van der Waals surface area contributed by atoms with Gasteiger partial charge in [-0.05, 0) is 46.3 Å². The van der Waals surface area contributed by atoms with Crippen LogP contribution in [0.2, 0.25) is 5.02 Å². The SMILES string of the molecule is COC(=O)N[C@H](C(=O)OCOC(=O)[C@H](O)C[C@@H](Cc1ccc(-c2cccc(Cl)c2)cc1)NC(=O)c1cc(OC)no1)C(C)C. The first kappa shape index (κ1) is 33.9. The number of aromatic nitrogens is 1. The number of nitrogens with one attached hydrogen (secondary N) is 2. The summed E-state index contributed by atoms with van der Waals surface area (Å²) in [6.07, 6.45) is -2.55. The molecule has 3 rings (SSSR count). The number of methoxy groups -OCH3 is 2. The zero-order valence-electron chi connectivity index (χ0n) is 24.6. The molecule has 1 heterocycles. The van der Waals surface area contributed by atoms with Crippen molar-refractivity contribution in [3.63, 3.8) is 0 Å². The quantitative estimate of drug-likeness (QED) is 0.175. The van der Waals surface area contributed by atoms with Crippen LogP contribution in [0.1, 0.15) is 36.4 Å². The van der Waals surface area contributed by atoms with Gasteiger partial charge in [0.25, 0.3) is 11.8 Å². The maximum Gasteiger partial charge on any atom is 0.407 e. The average Bonchev–Trinajstić information content (AvgIpc) is 3.49. The number of alkyl carbamates (subject to hydrolysis) is 1. The molecule has 0 saturated carbocycles. The molecule has 0 aliphatic rings. The molecule has 3 N–H and O–H groups in total. The first-order chi connectivity index (χ1) is 21.0. The van der Waals surface area contributed by atoms with Crippen LogP contribution in [0.5, 0.6) is 5.88 Å². The first-order valence-electron chi connectivity index (χ1n) is 13.5. The van der Waals surface area contributed by atoms with Crippen LogP contribution in [-0.2, 0) is 30.2 Å². The highest BCUT2D eigenvalue weighted by Crippen LogP contribution is 2.24. The van der Waals surface area contributed by atoms with Crippen LogP contribution in [0.3, 0.4) is 0 Å². The molecule has 0 saturated heterocycles. The summed E-state index contributed by atoms with van der Waals surface area (Å²) in [5.41, 5.74) is 2.64. The highest BCUT2D eigenvalue weighted by Gasteiger charge is 2.28. The summed E-state index contributed by atoms with van der Waals surface area (Å²) >= 11 is 6.11. The number of halogens is 1. The Morgan fingerprint density at radius 3 is 2.27 bits per heavy atom. The van der Waals surface area contributed by atoms with Gasteiger partial charge in [-0.1, -0.05) is 61.8 Å². The lowest BCUT2D eigenvalue weighted by Gasteiger charge is -2.22. The molecule has 0 radical (unpaired) electrons. The second kappa shape index (κ2) is 16.3. The molecule has 2 amide bonds. The number of ether oxygens (including phenoxy) is 4. The highest BCUT2D eigenvalue weighted by molar-refractivity contribution is 6.30. The van der Waals surface area contributed by atoms with E-state index in [0.717, 1.165) is 23.8 Å². The number of aliphatic hydroxyl groups excluding tert-OH is 1. The van der Waals surface area contributed by atoms with Gasteiger partial charge in [0.1, 0.15) is 6.04 Å². The molecule has 0 fully saturated rings. The van der Waals surface area contributed by atoms with Gasteiger partial charge < -0.3 is 39.2 Å². The molecule has 2 aromatic carbocycles. The van der Waals surface area contributed by atoms with Crippen molar-refractivity contribution >= 4 is 35.5 Å². The third-order valence-electron chi connectivity index (χ3n) is 6.41. The molecule has 3 atom stereocenters. The van der Waals surface area contributed by atoms with Gasteiger partial charge in [0, 0.05) is 17.5 Å². The predicted octanol–water partition coefficient (Wildman–Crippen LogP) is 3.52. The lowest BCUT2D eigenvalue weighted by Crippen LogP contribution is -2.45. The van der Waals surface area contributed by atoms with E-state index < -0.39 is 48.9 Å². The second-order valence-corrected chi connectivity index (χ2v) is 10.4. The van der Waals surface area contributed by atoms with Gasteiger partial charge in [0.05, 0.1) is 20.3 Å². The summed E-state index contributed by atoms with van der Waals surface area (Å²) in [7, 11) is 2.52. The number of carbonyl (C=O) groups excluding carboxylic acids is 4. The number of nitrogens with zero attached hydrogens (tertiary/aromatic N) is 1. The smallest absolute Gasteiger partial charge is 0.407 e. The molecule has 3 aromatic rings. The summed E-state index contributed by atoms with van der Waals surface area (Å²) in [6.45, 7) is 2.54. The fourth-order valence-electron chi connectivity index (χ4n) is 4.08. The van der Waals surface area contributed by atoms with E-state index in [1.807, 2.05) is 42.5 Å². The minimum atomic E-state index is -1.69. The fourth-order valence-corrected chi connectivity index (χ4v) is 4.27. The Morgan fingerprint density at radius 1 is 0.955 bits per heavy atom. The van der Waals surface area contributed by atoms with E-state index in [1.54, 1.807) is 19.9 Å². The lowest BCUT2D eigenvalue weighted by molar-refractivity contribution is -0.175. The normalized spacial score (nSPS) is 12.9. The number of aliphatic hydroxyl groups is 1. The molecule has 1 aromatic heterocycles. The Labute approximate surface area is 258 Å². The van der Waals surface area contributed by atoms with Gasteiger partial charge in [-0.15, -0.1) is 0 Å². The first-order valence-corrected chi connectivity index (χ1v) is 13.9. The van der Waals surface area contributed by atoms with Crippen LogP contribution in [-0.4, -0.2) is 73.4 Å². The average molecular weight is 632 g/mol. The van der Waals surface area contributed by atoms with E-state index >= 15 is 0 Å². The molecule has 0 spiro atoms. The topological polar surface area (TPSA) is 176 Å². The minimum absolute atomic E-state index is 0.1000. The molecule has 13 nitrogen and oxygen atoms in total. The van der Waals surface area contributed by atoms with Crippen molar-refractivity contribution in [1.29, 1.82) is 0 Å². The van der Waals surface area contributed by atoms with Gasteiger partial charge in [-0.3, -0.25) is 4.79 Å². The summed E-state index contributed by atoms with van der Waals surface area (Å²) in [4.78, 5) is 49.3. The molecule has 236 valence electrons. The Morgan fingerprint density at radius 2 is 1.66 bits per heavy atom. The summed E-state index contributed by atoms with van der Waals surface area (Å²) in [5, 5.41) is 19.9. The number of amides is 2. The van der Waals surface area contributed by atoms with Gasteiger partial charge in [-0.2, -0.15) is 0 Å². The standard InChI is InChI=1S/C30H34ClN3O10/c1-17(2)26(33-30(39)41-4)29(38)43-16-42-28(37)23(35)14-22(32-27(36)24-15-25(40-3)34-44-24)12-18-8-10-19(11-9-18)20-6-5-7-21(31)13-20/h5-11,13,15,17,22-23,26,35H,12,14,16H2,1-4H3,(H,32,36)(H,33,39)/t22-,23-,26+/m1/s1. The molecule has 14 heteroatoms. The zero-order valence-corrected chi connectivity index (χ0v) is 25.3. The number of carbonyl (C=O) groups is 4. The Balaban J connectivity index is 1.65. The van der Waals surface area contributed by atoms with Crippen molar-refractivity contribution in [2.24, 2.45) is 5.92 Å². The maximum absolute atomic E-state index is 12.9. The highest BCUT2D eigenvalue weighted by atomic mass is 35.5. The predicted molar refractivity (Wildman–Crippen MR) is 157 cm³/mol. The van der Waals surface area contributed by atoms with Crippen LogP contribution in [0.4, 0.5) is 4.79 Å². The van der Waals surface area contributed by atoms with E-state index in [1.165, 1.54) is 13.2 Å². The molecular formula is C30H34ClN3O10. The molecular weight excluding hydrogens is 598 g/mol. The van der Waals surface area contributed by atoms with Crippen LogP contribution < -0.4 is 15.4 Å². The van der Waals surface area contributed by atoms with Crippen LogP contribution >= 0.6 is 11.6 Å².